The van der Waals surface area contributed by atoms with E-state index in [4.69, 9.17) is 4.74 Å². The van der Waals surface area contributed by atoms with Crippen molar-refractivity contribution in [3.63, 3.8) is 0 Å². The molecule has 1 aromatic rings. The molecule has 3 rings (SSSR count). The molecule has 18 heavy (non-hydrogen) atoms. The van der Waals surface area contributed by atoms with Crippen LogP contribution in [0.25, 0.3) is 0 Å². The van der Waals surface area contributed by atoms with Crippen molar-refractivity contribution in [1.29, 1.82) is 0 Å². The Morgan fingerprint density at radius 3 is 3.06 bits per heavy atom. The molecule has 2 aliphatic heterocycles. The Bertz CT molecular complexity index is 399. The summed E-state index contributed by atoms with van der Waals surface area (Å²) in [7, 11) is 0. The van der Waals surface area contributed by atoms with E-state index in [1.54, 1.807) is 0 Å². The molecule has 1 saturated heterocycles. The maximum atomic E-state index is 9.74. The number of morpholine rings is 1. The minimum atomic E-state index is -0.200. The number of nitrogens with zero attached hydrogens (tertiary/aromatic N) is 3. The first kappa shape index (κ1) is 12.1. The SMILES string of the molecule is OC1CCc2cnc(CCN3CCOCC3)n2C1. The maximum Gasteiger partial charge on any atom is 0.110 e. The number of ether oxygens (including phenoxy) is 1. The molecular weight excluding hydrogens is 230 g/mol. The van der Waals surface area contributed by atoms with Crippen LogP contribution < -0.4 is 0 Å². The van der Waals surface area contributed by atoms with Crippen molar-refractivity contribution >= 4 is 0 Å². The van der Waals surface area contributed by atoms with Crippen LogP contribution in [0.4, 0.5) is 0 Å². The quantitative estimate of drug-likeness (QED) is 0.825. The summed E-state index contributed by atoms with van der Waals surface area (Å²) in [5, 5.41) is 9.74. The number of imidazole rings is 1. The second-order valence-electron chi connectivity index (χ2n) is 5.17. The lowest BCUT2D eigenvalue weighted by Crippen LogP contribution is -2.38. The Morgan fingerprint density at radius 2 is 2.22 bits per heavy atom. The number of fused-ring (bicyclic) bond motifs is 1. The summed E-state index contributed by atoms with van der Waals surface area (Å²) in [4.78, 5) is 6.93. The van der Waals surface area contributed by atoms with Crippen molar-refractivity contribution in [3.8, 4) is 0 Å². The second-order valence-corrected chi connectivity index (χ2v) is 5.17. The molecule has 0 spiro atoms. The predicted molar refractivity (Wildman–Crippen MR) is 67.5 cm³/mol. The Kier molecular flexibility index (Phi) is 3.63. The molecule has 1 fully saturated rings. The zero-order valence-electron chi connectivity index (χ0n) is 10.7. The molecule has 0 radical (unpaired) electrons. The molecule has 2 aliphatic rings. The molecule has 5 heteroatoms. The van der Waals surface area contributed by atoms with Crippen LogP contribution in [0.5, 0.6) is 0 Å². The van der Waals surface area contributed by atoms with Crippen LogP contribution in [0.15, 0.2) is 6.20 Å². The van der Waals surface area contributed by atoms with E-state index in [1.807, 2.05) is 6.20 Å². The summed E-state index contributed by atoms with van der Waals surface area (Å²) < 4.78 is 7.55. The Labute approximate surface area is 107 Å². The topological polar surface area (TPSA) is 50.5 Å². The summed E-state index contributed by atoms with van der Waals surface area (Å²) in [6, 6.07) is 0. The summed E-state index contributed by atoms with van der Waals surface area (Å²) in [6.45, 7) is 5.49. The van der Waals surface area contributed by atoms with Gasteiger partial charge < -0.3 is 14.4 Å². The van der Waals surface area contributed by atoms with Gasteiger partial charge in [0.2, 0.25) is 0 Å². The summed E-state index contributed by atoms with van der Waals surface area (Å²) in [5.41, 5.74) is 1.28. The van der Waals surface area contributed by atoms with Gasteiger partial charge in [0, 0.05) is 37.9 Å². The van der Waals surface area contributed by atoms with Crippen LogP contribution in [-0.4, -0.2) is 58.5 Å². The molecule has 100 valence electrons. The fourth-order valence-corrected chi connectivity index (χ4v) is 2.78. The first-order valence-electron chi connectivity index (χ1n) is 6.84. The third-order valence-electron chi connectivity index (χ3n) is 3.90. The smallest absolute Gasteiger partial charge is 0.110 e. The van der Waals surface area contributed by atoms with Gasteiger partial charge in [-0.05, 0) is 12.8 Å². The van der Waals surface area contributed by atoms with E-state index in [0.717, 1.165) is 57.9 Å². The van der Waals surface area contributed by atoms with Gasteiger partial charge in [-0.15, -0.1) is 0 Å². The van der Waals surface area contributed by atoms with Crippen LogP contribution in [0.2, 0.25) is 0 Å². The lowest BCUT2D eigenvalue weighted by Gasteiger charge is -2.27. The number of aryl methyl sites for hydroxylation is 1. The standard InChI is InChI=1S/C13H21N3O2/c17-12-2-1-11-9-14-13(16(11)10-12)3-4-15-5-7-18-8-6-15/h9,12,17H,1-8,10H2. The highest BCUT2D eigenvalue weighted by atomic mass is 16.5. The summed E-state index contributed by atoms with van der Waals surface area (Å²) >= 11 is 0. The fraction of sp³-hybridized carbons (Fsp3) is 0.769. The number of aromatic nitrogens is 2. The van der Waals surface area contributed by atoms with Gasteiger partial charge in [0.05, 0.1) is 25.9 Å². The third-order valence-corrected chi connectivity index (χ3v) is 3.90. The first-order chi connectivity index (χ1) is 8.83. The minimum absolute atomic E-state index is 0.200. The van der Waals surface area contributed by atoms with Crippen LogP contribution in [-0.2, 0) is 24.1 Å². The first-order valence-corrected chi connectivity index (χ1v) is 6.84. The van der Waals surface area contributed by atoms with Crippen molar-refractivity contribution in [3.05, 3.63) is 17.7 Å². The lowest BCUT2D eigenvalue weighted by molar-refractivity contribution is 0.0380. The molecule has 0 bridgehead atoms. The summed E-state index contributed by atoms with van der Waals surface area (Å²) in [6.07, 6.45) is 4.56. The number of rotatable bonds is 3. The average molecular weight is 251 g/mol. The van der Waals surface area contributed by atoms with Gasteiger partial charge in [-0.3, -0.25) is 4.90 Å². The van der Waals surface area contributed by atoms with Gasteiger partial charge in [-0.2, -0.15) is 0 Å². The van der Waals surface area contributed by atoms with Crippen molar-refractivity contribution in [1.82, 2.24) is 14.5 Å². The highest BCUT2D eigenvalue weighted by Crippen LogP contribution is 2.17. The Morgan fingerprint density at radius 1 is 1.39 bits per heavy atom. The highest BCUT2D eigenvalue weighted by Gasteiger charge is 2.20. The largest absolute Gasteiger partial charge is 0.391 e. The average Bonchev–Trinajstić information content (AvgIpc) is 2.80. The number of hydrogen-bond acceptors (Lipinski definition) is 4. The van der Waals surface area contributed by atoms with E-state index < -0.39 is 0 Å². The fourth-order valence-electron chi connectivity index (χ4n) is 2.78. The molecule has 1 N–H and O–H groups in total. The van der Waals surface area contributed by atoms with E-state index in [9.17, 15) is 5.11 Å². The highest BCUT2D eigenvalue weighted by molar-refractivity contribution is 5.09. The van der Waals surface area contributed by atoms with Crippen molar-refractivity contribution < 1.29 is 9.84 Å². The van der Waals surface area contributed by atoms with Crippen LogP contribution in [0, 0.1) is 0 Å². The van der Waals surface area contributed by atoms with Crippen LogP contribution >= 0.6 is 0 Å². The van der Waals surface area contributed by atoms with Gasteiger partial charge in [-0.1, -0.05) is 0 Å². The minimum Gasteiger partial charge on any atom is -0.391 e. The van der Waals surface area contributed by atoms with E-state index in [-0.39, 0.29) is 6.10 Å². The van der Waals surface area contributed by atoms with Crippen molar-refractivity contribution in [2.45, 2.75) is 31.9 Å². The molecular formula is C13H21N3O2. The maximum absolute atomic E-state index is 9.74. The third kappa shape index (κ3) is 2.58. The monoisotopic (exact) mass is 251 g/mol. The molecule has 3 heterocycles. The van der Waals surface area contributed by atoms with Crippen molar-refractivity contribution in [2.24, 2.45) is 0 Å². The Hall–Kier alpha value is -0.910. The summed E-state index contributed by atoms with van der Waals surface area (Å²) in [5.74, 6) is 1.12. The molecule has 0 amide bonds. The van der Waals surface area contributed by atoms with Gasteiger partial charge in [-0.25, -0.2) is 4.98 Å². The molecule has 5 nitrogen and oxygen atoms in total. The van der Waals surface area contributed by atoms with E-state index in [0.29, 0.717) is 6.54 Å². The van der Waals surface area contributed by atoms with E-state index in [2.05, 4.69) is 14.5 Å². The second kappa shape index (κ2) is 5.38. The molecule has 0 aromatic carbocycles. The van der Waals surface area contributed by atoms with Crippen molar-refractivity contribution in [2.75, 3.05) is 32.8 Å². The van der Waals surface area contributed by atoms with Gasteiger partial charge >= 0.3 is 0 Å². The van der Waals surface area contributed by atoms with Gasteiger partial charge in [0.15, 0.2) is 0 Å². The molecule has 1 unspecified atom stereocenters. The normalized spacial score (nSPS) is 25.1. The zero-order valence-corrected chi connectivity index (χ0v) is 10.7. The molecule has 0 aliphatic carbocycles. The predicted octanol–water partition coefficient (Wildman–Crippen LogP) is 0.0649. The molecule has 1 aromatic heterocycles. The zero-order chi connectivity index (χ0) is 12.4. The lowest BCUT2D eigenvalue weighted by atomic mass is 10.1. The van der Waals surface area contributed by atoms with Crippen LogP contribution in [0.3, 0.4) is 0 Å². The Balaban J connectivity index is 1.61. The number of hydrogen-bond donors (Lipinski definition) is 1. The number of aliphatic hydroxyl groups is 1. The number of aliphatic hydroxyl groups excluding tert-OH is 1. The van der Waals surface area contributed by atoms with Gasteiger partial charge in [0.1, 0.15) is 5.82 Å². The van der Waals surface area contributed by atoms with E-state index in [1.165, 1.54) is 5.69 Å². The molecule has 0 saturated carbocycles. The molecule has 1 atom stereocenters. The van der Waals surface area contributed by atoms with Crippen LogP contribution in [0.1, 0.15) is 17.9 Å². The van der Waals surface area contributed by atoms with Gasteiger partial charge in [0.25, 0.3) is 0 Å². The van der Waals surface area contributed by atoms with E-state index >= 15 is 0 Å².